The number of likely N-dealkylation sites (tertiary alicyclic amines) is 1. The molecular formula is C18H23FN2O3. The highest BCUT2D eigenvalue weighted by Crippen LogP contribution is 2.39. The van der Waals surface area contributed by atoms with Gasteiger partial charge < -0.3 is 10.4 Å². The van der Waals surface area contributed by atoms with Crippen molar-refractivity contribution in [3.8, 4) is 0 Å². The third-order valence-corrected chi connectivity index (χ3v) is 5.24. The van der Waals surface area contributed by atoms with Crippen LogP contribution in [0.2, 0.25) is 0 Å². The maximum atomic E-state index is 12.9. The number of benzene rings is 1. The summed E-state index contributed by atoms with van der Waals surface area (Å²) in [7, 11) is 0. The Morgan fingerprint density at radius 1 is 1.21 bits per heavy atom. The summed E-state index contributed by atoms with van der Waals surface area (Å²) in [5.41, 5.74) is 0.816. The maximum absolute atomic E-state index is 12.9. The molecule has 2 fully saturated rings. The molecule has 1 aromatic carbocycles. The van der Waals surface area contributed by atoms with Crippen LogP contribution in [0.1, 0.15) is 37.7 Å². The third-order valence-electron chi connectivity index (χ3n) is 5.24. The topological polar surface area (TPSA) is 69.6 Å². The number of carbonyl (C=O) groups is 2. The predicted molar refractivity (Wildman–Crippen MR) is 86.7 cm³/mol. The fourth-order valence-corrected chi connectivity index (χ4v) is 4.05. The molecule has 3 atom stereocenters. The first-order chi connectivity index (χ1) is 11.5. The van der Waals surface area contributed by atoms with E-state index in [1.54, 1.807) is 12.1 Å². The van der Waals surface area contributed by atoms with Crippen molar-refractivity contribution in [3.63, 3.8) is 0 Å². The minimum atomic E-state index is -0.837. The van der Waals surface area contributed by atoms with Gasteiger partial charge >= 0.3 is 5.97 Å². The summed E-state index contributed by atoms with van der Waals surface area (Å²) >= 11 is 0. The standard InChI is InChI=1S/C18H23FN2O3/c19-14-7-5-12(6-8-14)10-20-17(22)11-21-15-4-2-1-3-13(15)9-16(21)18(23)24/h5-8,13,15-16H,1-4,9-11H2,(H,20,22)(H,23,24)/t13-,15-,16+/m1/s1. The molecule has 2 aliphatic rings. The molecule has 0 radical (unpaired) electrons. The molecule has 0 spiro atoms. The summed E-state index contributed by atoms with van der Waals surface area (Å²) in [6.07, 6.45) is 4.92. The average Bonchev–Trinajstić information content (AvgIpc) is 2.93. The summed E-state index contributed by atoms with van der Waals surface area (Å²) in [6.45, 7) is 0.429. The number of nitrogens with zero attached hydrogens (tertiary/aromatic N) is 1. The quantitative estimate of drug-likeness (QED) is 0.866. The third kappa shape index (κ3) is 3.75. The summed E-state index contributed by atoms with van der Waals surface area (Å²) in [6, 6.07) is 5.61. The summed E-state index contributed by atoms with van der Waals surface area (Å²) in [4.78, 5) is 25.7. The van der Waals surface area contributed by atoms with Crippen molar-refractivity contribution in [2.45, 2.75) is 50.7 Å². The van der Waals surface area contributed by atoms with Crippen LogP contribution in [-0.2, 0) is 16.1 Å². The number of rotatable bonds is 5. The molecular weight excluding hydrogens is 311 g/mol. The van der Waals surface area contributed by atoms with E-state index in [2.05, 4.69) is 5.32 Å². The van der Waals surface area contributed by atoms with E-state index in [0.717, 1.165) is 31.2 Å². The first-order valence-corrected chi connectivity index (χ1v) is 8.54. The second kappa shape index (κ2) is 7.30. The van der Waals surface area contributed by atoms with E-state index in [-0.39, 0.29) is 24.3 Å². The van der Waals surface area contributed by atoms with Crippen molar-refractivity contribution in [2.24, 2.45) is 5.92 Å². The van der Waals surface area contributed by atoms with Gasteiger partial charge in [0.05, 0.1) is 6.54 Å². The molecule has 1 aliphatic heterocycles. The fourth-order valence-electron chi connectivity index (χ4n) is 4.05. The molecule has 1 aliphatic carbocycles. The second-order valence-corrected chi connectivity index (χ2v) is 6.78. The first-order valence-electron chi connectivity index (χ1n) is 8.54. The molecule has 2 N–H and O–H groups in total. The number of fused-ring (bicyclic) bond motifs is 1. The Bertz CT molecular complexity index is 605. The summed E-state index contributed by atoms with van der Waals surface area (Å²) in [5, 5.41) is 12.3. The van der Waals surface area contributed by atoms with Crippen molar-refractivity contribution in [3.05, 3.63) is 35.6 Å². The van der Waals surface area contributed by atoms with Crippen molar-refractivity contribution in [1.29, 1.82) is 0 Å². The SMILES string of the molecule is O=C(CN1[C@@H]2CCCC[C@@H]2C[C@H]1C(=O)O)NCc1ccc(F)cc1. The molecule has 3 rings (SSSR count). The molecule has 5 nitrogen and oxygen atoms in total. The van der Waals surface area contributed by atoms with Crippen LogP contribution in [0, 0.1) is 11.7 Å². The van der Waals surface area contributed by atoms with E-state index in [1.807, 2.05) is 4.90 Å². The molecule has 0 unspecified atom stereocenters. The number of carboxylic acids is 1. The Morgan fingerprint density at radius 2 is 1.92 bits per heavy atom. The number of hydrogen-bond acceptors (Lipinski definition) is 3. The number of aliphatic carboxylic acids is 1. The Kier molecular flexibility index (Phi) is 5.14. The average molecular weight is 334 g/mol. The molecule has 1 heterocycles. The highest BCUT2D eigenvalue weighted by atomic mass is 19.1. The first kappa shape index (κ1) is 16.9. The maximum Gasteiger partial charge on any atom is 0.320 e. The smallest absolute Gasteiger partial charge is 0.320 e. The Labute approximate surface area is 140 Å². The number of amides is 1. The van der Waals surface area contributed by atoms with Gasteiger partial charge in [-0.2, -0.15) is 0 Å². The highest BCUT2D eigenvalue weighted by molar-refractivity contribution is 5.80. The number of nitrogens with one attached hydrogen (secondary N) is 1. The van der Waals surface area contributed by atoms with Gasteiger partial charge in [0, 0.05) is 12.6 Å². The van der Waals surface area contributed by atoms with Crippen LogP contribution in [-0.4, -0.2) is 40.5 Å². The van der Waals surface area contributed by atoms with Gasteiger partial charge in [-0.25, -0.2) is 4.39 Å². The zero-order valence-electron chi connectivity index (χ0n) is 13.6. The van der Waals surface area contributed by atoms with E-state index in [0.29, 0.717) is 18.9 Å². The van der Waals surface area contributed by atoms with Gasteiger partial charge in [-0.3, -0.25) is 14.5 Å². The Balaban J connectivity index is 1.59. The monoisotopic (exact) mass is 334 g/mol. The molecule has 1 amide bonds. The molecule has 1 saturated heterocycles. The highest BCUT2D eigenvalue weighted by Gasteiger charge is 2.45. The minimum Gasteiger partial charge on any atom is -0.480 e. The van der Waals surface area contributed by atoms with Crippen molar-refractivity contribution < 1.29 is 19.1 Å². The lowest BCUT2D eigenvalue weighted by atomic mass is 9.85. The van der Waals surface area contributed by atoms with Crippen LogP contribution >= 0.6 is 0 Å². The lowest BCUT2D eigenvalue weighted by Gasteiger charge is -2.32. The van der Waals surface area contributed by atoms with Crippen LogP contribution in [0.3, 0.4) is 0 Å². The normalized spacial score (nSPS) is 26.8. The van der Waals surface area contributed by atoms with Crippen LogP contribution in [0.4, 0.5) is 4.39 Å². The molecule has 6 heteroatoms. The van der Waals surface area contributed by atoms with E-state index < -0.39 is 12.0 Å². The fraction of sp³-hybridized carbons (Fsp3) is 0.556. The van der Waals surface area contributed by atoms with Gasteiger partial charge in [0.25, 0.3) is 0 Å². The largest absolute Gasteiger partial charge is 0.480 e. The molecule has 130 valence electrons. The molecule has 1 saturated carbocycles. The van der Waals surface area contributed by atoms with Crippen molar-refractivity contribution >= 4 is 11.9 Å². The molecule has 0 bridgehead atoms. The number of halogens is 1. The van der Waals surface area contributed by atoms with Crippen LogP contribution in [0.5, 0.6) is 0 Å². The van der Waals surface area contributed by atoms with Gasteiger partial charge in [-0.15, -0.1) is 0 Å². The molecule has 0 aromatic heterocycles. The Hall–Kier alpha value is -1.95. The lowest BCUT2D eigenvalue weighted by Crippen LogP contribution is -2.47. The zero-order valence-corrected chi connectivity index (χ0v) is 13.6. The van der Waals surface area contributed by atoms with Crippen LogP contribution in [0.15, 0.2) is 24.3 Å². The Morgan fingerprint density at radius 3 is 2.62 bits per heavy atom. The number of carboxylic acid groups (broad SMARTS) is 1. The number of hydrogen-bond donors (Lipinski definition) is 2. The van der Waals surface area contributed by atoms with E-state index >= 15 is 0 Å². The lowest BCUT2D eigenvalue weighted by molar-refractivity contribution is -0.143. The van der Waals surface area contributed by atoms with E-state index in [4.69, 9.17) is 0 Å². The van der Waals surface area contributed by atoms with E-state index in [1.165, 1.54) is 12.1 Å². The molecule has 24 heavy (non-hydrogen) atoms. The summed E-state index contributed by atoms with van der Waals surface area (Å²) < 4.78 is 12.9. The number of carbonyl (C=O) groups excluding carboxylic acids is 1. The van der Waals surface area contributed by atoms with Gasteiger partial charge in [0.1, 0.15) is 11.9 Å². The predicted octanol–water partition coefficient (Wildman–Crippen LogP) is 2.16. The minimum absolute atomic E-state index is 0.110. The van der Waals surface area contributed by atoms with Gasteiger partial charge in [0.2, 0.25) is 5.91 Å². The second-order valence-electron chi connectivity index (χ2n) is 6.78. The van der Waals surface area contributed by atoms with Gasteiger partial charge in [-0.1, -0.05) is 25.0 Å². The van der Waals surface area contributed by atoms with Gasteiger partial charge in [-0.05, 0) is 42.9 Å². The zero-order chi connectivity index (χ0) is 17.1. The van der Waals surface area contributed by atoms with Crippen molar-refractivity contribution in [2.75, 3.05) is 6.54 Å². The van der Waals surface area contributed by atoms with Crippen LogP contribution in [0.25, 0.3) is 0 Å². The van der Waals surface area contributed by atoms with Gasteiger partial charge in [0.15, 0.2) is 0 Å². The van der Waals surface area contributed by atoms with Crippen LogP contribution < -0.4 is 5.32 Å². The summed E-state index contributed by atoms with van der Waals surface area (Å²) in [5.74, 6) is -0.938. The van der Waals surface area contributed by atoms with E-state index in [9.17, 15) is 19.1 Å². The van der Waals surface area contributed by atoms with Crippen molar-refractivity contribution in [1.82, 2.24) is 10.2 Å². The molecule has 1 aromatic rings.